The zero-order chi connectivity index (χ0) is 9.68. The molecule has 1 aliphatic rings. The lowest BCUT2D eigenvalue weighted by atomic mass is 10.0. The van der Waals surface area contributed by atoms with E-state index in [0.717, 1.165) is 18.5 Å². The van der Waals surface area contributed by atoms with Gasteiger partial charge in [0.25, 0.3) is 0 Å². The van der Waals surface area contributed by atoms with Crippen molar-refractivity contribution in [3.63, 3.8) is 0 Å². The maximum absolute atomic E-state index is 10.8. The molecule has 1 aliphatic carbocycles. The Morgan fingerprint density at radius 1 is 1.62 bits per heavy atom. The van der Waals surface area contributed by atoms with Crippen LogP contribution in [0.15, 0.2) is 36.1 Å². The molecule has 0 saturated heterocycles. The van der Waals surface area contributed by atoms with E-state index in [1.807, 2.05) is 12.2 Å². The van der Waals surface area contributed by atoms with Crippen LogP contribution in [0.2, 0.25) is 0 Å². The number of allylic oxidation sites excluding steroid dienone is 3. The van der Waals surface area contributed by atoms with Crippen LogP contribution in [0.3, 0.4) is 0 Å². The van der Waals surface area contributed by atoms with Gasteiger partial charge in [-0.3, -0.25) is 4.79 Å². The second kappa shape index (κ2) is 4.50. The third-order valence-corrected chi connectivity index (χ3v) is 1.94. The van der Waals surface area contributed by atoms with Crippen molar-refractivity contribution in [2.24, 2.45) is 5.73 Å². The van der Waals surface area contributed by atoms with E-state index < -0.39 is 0 Å². The van der Waals surface area contributed by atoms with Crippen LogP contribution >= 0.6 is 0 Å². The van der Waals surface area contributed by atoms with Gasteiger partial charge in [0.15, 0.2) is 0 Å². The van der Waals surface area contributed by atoms with Crippen LogP contribution in [0.25, 0.3) is 0 Å². The van der Waals surface area contributed by atoms with Gasteiger partial charge in [-0.2, -0.15) is 0 Å². The zero-order valence-corrected chi connectivity index (χ0v) is 7.55. The molecule has 0 aliphatic heterocycles. The van der Waals surface area contributed by atoms with E-state index in [1.54, 1.807) is 0 Å². The Bertz CT molecular complexity index is 277. The first-order chi connectivity index (χ1) is 6.22. The van der Waals surface area contributed by atoms with Crippen molar-refractivity contribution in [2.45, 2.75) is 12.8 Å². The summed E-state index contributed by atoms with van der Waals surface area (Å²) < 4.78 is 0. The lowest BCUT2D eigenvalue weighted by Gasteiger charge is -2.11. The third-order valence-electron chi connectivity index (χ3n) is 1.94. The van der Waals surface area contributed by atoms with Gasteiger partial charge in [0.05, 0.1) is 0 Å². The standard InChI is InChI=1S/C10H14N2O/c1-2-10(13)12-7-8-3-5-9(11)6-4-8/h2-3,5H,1,4,6-7,11H2,(H,12,13). The molecule has 3 N–H and O–H groups in total. The number of hydrogen-bond donors (Lipinski definition) is 2. The monoisotopic (exact) mass is 178 g/mol. The summed E-state index contributed by atoms with van der Waals surface area (Å²) >= 11 is 0. The van der Waals surface area contributed by atoms with E-state index >= 15 is 0 Å². The molecule has 0 heterocycles. The van der Waals surface area contributed by atoms with Crippen LogP contribution in [0.5, 0.6) is 0 Å². The summed E-state index contributed by atoms with van der Waals surface area (Å²) in [5.41, 5.74) is 7.69. The summed E-state index contributed by atoms with van der Waals surface area (Å²) in [6.45, 7) is 3.96. The minimum absolute atomic E-state index is 0.136. The topological polar surface area (TPSA) is 55.1 Å². The summed E-state index contributed by atoms with van der Waals surface area (Å²) in [5, 5.41) is 2.72. The minimum atomic E-state index is -0.136. The number of nitrogens with two attached hydrogens (primary N) is 1. The van der Waals surface area contributed by atoms with Gasteiger partial charge in [-0.15, -0.1) is 0 Å². The summed E-state index contributed by atoms with van der Waals surface area (Å²) in [7, 11) is 0. The van der Waals surface area contributed by atoms with Gasteiger partial charge in [0.2, 0.25) is 5.91 Å². The van der Waals surface area contributed by atoms with Crippen molar-refractivity contribution >= 4 is 5.91 Å². The van der Waals surface area contributed by atoms with Crippen molar-refractivity contribution in [2.75, 3.05) is 6.54 Å². The molecule has 70 valence electrons. The first kappa shape index (κ1) is 9.58. The molecule has 3 nitrogen and oxygen atoms in total. The van der Waals surface area contributed by atoms with E-state index in [-0.39, 0.29) is 5.91 Å². The van der Waals surface area contributed by atoms with Crippen LogP contribution in [-0.2, 0) is 4.79 Å². The molecule has 0 aromatic carbocycles. The molecule has 3 heteroatoms. The van der Waals surface area contributed by atoms with Gasteiger partial charge in [0.1, 0.15) is 0 Å². The Hall–Kier alpha value is -1.51. The Balaban J connectivity index is 2.38. The lowest BCUT2D eigenvalue weighted by Crippen LogP contribution is -2.23. The quantitative estimate of drug-likeness (QED) is 0.629. The maximum atomic E-state index is 10.8. The number of amides is 1. The van der Waals surface area contributed by atoms with Crippen LogP contribution in [0.1, 0.15) is 12.8 Å². The largest absolute Gasteiger partial charge is 0.402 e. The summed E-state index contributed by atoms with van der Waals surface area (Å²) in [5.74, 6) is -0.136. The SMILES string of the molecule is C=CC(=O)NCC1=CC=C(N)CC1. The Morgan fingerprint density at radius 2 is 2.38 bits per heavy atom. The Labute approximate surface area is 78.0 Å². The highest BCUT2D eigenvalue weighted by atomic mass is 16.1. The first-order valence-electron chi connectivity index (χ1n) is 4.26. The molecule has 0 radical (unpaired) electrons. The number of hydrogen-bond acceptors (Lipinski definition) is 2. The molecule has 0 bridgehead atoms. The predicted molar refractivity (Wildman–Crippen MR) is 52.8 cm³/mol. The van der Waals surface area contributed by atoms with E-state index in [9.17, 15) is 4.79 Å². The van der Waals surface area contributed by atoms with Crippen LogP contribution in [0.4, 0.5) is 0 Å². The predicted octanol–water partition coefficient (Wildman–Crippen LogP) is 0.851. The maximum Gasteiger partial charge on any atom is 0.243 e. The summed E-state index contributed by atoms with van der Waals surface area (Å²) in [6, 6.07) is 0. The fourth-order valence-electron chi connectivity index (χ4n) is 1.12. The smallest absolute Gasteiger partial charge is 0.243 e. The van der Waals surface area contributed by atoms with E-state index in [2.05, 4.69) is 11.9 Å². The van der Waals surface area contributed by atoms with Gasteiger partial charge in [0, 0.05) is 12.2 Å². The number of nitrogens with one attached hydrogen (secondary N) is 1. The molecule has 0 saturated carbocycles. The van der Waals surface area contributed by atoms with Gasteiger partial charge in [-0.1, -0.05) is 18.2 Å². The average molecular weight is 178 g/mol. The second-order valence-corrected chi connectivity index (χ2v) is 2.99. The number of rotatable bonds is 3. The zero-order valence-electron chi connectivity index (χ0n) is 7.55. The highest BCUT2D eigenvalue weighted by Gasteiger charge is 2.03. The molecule has 1 rings (SSSR count). The van der Waals surface area contributed by atoms with E-state index in [0.29, 0.717) is 6.54 Å². The van der Waals surface area contributed by atoms with Crippen molar-refractivity contribution in [1.82, 2.24) is 5.32 Å². The van der Waals surface area contributed by atoms with Crippen molar-refractivity contribution in [1.29, 1.82) is 0 Å². The van der Waals surface area contributed by atoms with Crippen molar-refractivity contribution < 1.29 is 4.79 Å². The molecule has 13 heavy (non-hydrogen) atoms. The van der Waals surface area contributed by atoms with Crippen molar-refractivity contribution in [3.05, 3.63) is 36.1 Å². The molecule has 0 spiro atoms. The van der Waals surface area contributed by atoms with Crippen LogP contribution in [-0.4, -0.2) is 12.5 Å². The molecular weight excluding hydrogens is 164 g/mol. The van der Waals surface area contributed by atoms with E-state index in [1.165, 1.54) is 11.6 Å². The fraction of sp³-hybridized carbons (Fsp3) is 0.300. The molecule has 0 atom stereocenters. The number of carbonyl (C=O) groups excluding carboxylic acids is 1. The van der Waals surface area contributed by atoms with Gasteiger partial charge in [-0.25, -0.2) is 0 Å². The third kappa shape index (κ3) is 3.15. The molecule has 0 unspecified atom stereocenters. The Morgan fingerprint density at radius 3 is 2.92 bits per heavy atom. The summed E-state index contributed by atoms with van der Waals surface area (Å²) in [6.07, 6.45) is 6.93. The number of carbonyl (C=O) groups is 1. The van der Waals surface area contributed by atoms with Gasteiger partial charge >= 0.3 is 0 Å². The van der Waals surface area contributed by atoms with Crippen LogP contribution in [0, 0.1) is 0 Å². The summed E-state index contributed by atoms with van der Waals surface area (Å²) in [4.78, 5) is 10.8. The van der Waals surface area contributed by atoms with E-state index in [4.69, 9.17) is 5.73 Å². The molecular formula is C10H14N2O. The second-order valence-electron chi connectivity index (χ2n) is 2.99. The lowest BCUT2D eigenvalue weighted by molar-refractivity contribution is -0.116. The normalized spacial score (nSPS) is 15.7. The van der Waals surface area contributed by atoms with Gasteiger partial charge in [-0.05, 0) is 25.0 Å². The highest BCUT2D eigenvalue weighted by Crippen LogP contribution is 2.13. The molecule has 0 aromatic heterocycles. The minimum Gasteiger partial charge on any atom is -0.402 e. The first-order valence-corrected chi connectivity index (χ1v) is 4.26. The van der Waals surface area contributed by atoms with Crippen LogP contribution < -0.4 is 11.1 Å². The highest BCUT2D eigenvalue weighted by molar-refractivity contribution is 5.86. The molecule has 0 fully saturated rings. The molecule has 1 amide bonds. The van der Waals surface area contributed by atoms with Crippen molar-refractivity contribution in [3.8, 4) is 0 Å². The molecule has 0 aromatic rings. The average Bonchev–Trinajstić information content (AvgIpc) is 2.16. The fourth-order valence-corrected chi connectivity index (χ4v) is 1.12. The van der Waals surface area contributed by atoms with Gasteiger partial charge < -0.3 is 11.1 Å². The Kier molecular flexibility index (Phi) is 3.31.